The number of methoxy groups -OCH3 is 1. The van der Waals surface area contributed by atoms with Crippen molar-refractivity contribution >= 4 is 29.0 Å². The first-order valence-electron chi connectivity index (χ1n) is 7.85. The molecule has 24 heavy (non-hydrogen) atoms. The lowest BCUT2D eigenvalue weighted by Gasteiger charge is -2.32. The Labute approximate surface area is 145 Å². The minimum absolute atomic E-state index is 0.0171. The van der Waals surface area contributed by atoms with Gasteiger partial charge in [0.15, 0.2) is 5.82 Å². The predicted molar refractivity (Wildman–Crippen MR) is 93.6 cm³/mol. The minimum Gasteiger partial charge on any atom is -0.480 e. The maximum Gasteiger partial charge on any atom is 0.233 e. The molecule has 0 spiro atoms. The smallest absolute Gasteiger partial charge is 0.233 e. The van der Waals surface area contributed by atoms with Gasteiger partial charge in [0.1, 0.15) is 0 Å². The topological polar surface area (TPSA) is 67.3 Å². The van der Waals surface area contributed by atoms with Crippen LogP contribution < -0.4 is 15.0 Å². The number of anilines is 2. The Bertz CT molecular complexity index is 691. The van der Waals surface area contributed by atoms with Crippen LogP contribution in [0.1, 0.15) is 12.8 Å². The molecule has 6 nitrogen and oxygen atoms in total. The average molecular weight is 347 g/mol. The van der Waals surface area contributed by atoms with Crippen LogP contribution in [-0.4, -0.2) is 36.3 Å². The lowest BCUT2D eigenvalue weighted by molar-refractivity contribution is -0.120. The molecule has 0 bridgehead atoms. The van der Waals surface area contributed by atoms with Crippen molar-refractivity contribution in [2.45, 2.75) is 12.8 Å². The second-order valence-electron chi connectivity index (χ2n) is 5.72. The summed E-state index contributed by atoms with van der Waals surface area (Å²) in [5.74, 6) is 1.18. The van der Waals surface area contributed by atoms with Crippen molar-refractivity contribution in [3.8, 4) is 5.88 Å². The molecule has 1 atom stereocenters. The fraction of sp³-hybridized carbons (Fsp3) is 0.353. The minimum atomic E-state index is -0.0849. The third kappa shape index (κ3) is 3.94. The van der Waals surface area contributed by atoms with Crippen LogP contribution in [0.25, 0.3) is 0 Å². The summed E-state index contributed by atoms with van der Waals surface area (Å²) < 4.78 is 5.02. The summed E-state index contributed by atoms with van der Waals surface area (Å²) >= 11 is 5.86. The average Bonchev–Trinajstić information content (AvgIpc) is 2.64. The second-order valence-corrected chi connectivity index (χ2v) is 6.15. The maximum atomic E-state index is 12.5. The molecule has 0 radical (unpaired) electrons. The SMILES string of the molecule is COc1ccc(N2CCC[C@H](C(=O)Nc3ccc(Cl)cc3)C2)nn1. The van der Waals surface area contributed by atoms with Crippen LogP contribution >= 0.6 is 11.6 Å². The molecule has 1 aromatic carbocycles. The van der Waals surface area contributed by atoms with Gasteiger partial charge >= 0.3 is 0 Å². The van der Waals surface area contributed by atoms with Gasteiger partial charge in [0, 0.05) is 29.9 Å². The number of nitrogens with one attached hydrogen (secondary N) is 1. The first kappa shape index (κ1) is 16.5. The lowest BCUT2D eigenvalue weighted by Crippen LogP contribution is -2.41. The van der Waals surface area contributed by atoms with E-state index in [-0.39, 0.29) is 11.8 Å². The van der Waals surface area contributed by atoms with Gasteiger partial charge in [-0.2, -0.15) is 0 Å². The molecule has 1 saturated heterocycles. The van der Waals surface area contributed by atoms with Gasteiger partial charge in [0.2, 0.25) is 11.8 Å². The Kier molecular flexibility index (Phi) is 5.15. The van der Waals surface area contributed by atoms with E-state index >= 15 is 0 Å². The summed E-state index contributed by atoms with van der Waals surface area (Å²) in [4.78, 5) is 14.6. The number of amides is 1. The van der Waals surface area contributed by atoms with E-state index in [2.05, 4.69) is 20.4 Å². The van der Waals surface area contributed by atoms with E-state index in [1.165, 1.54) is 0 Å². The number of nitrogens with zero attached hydrogens (tertiary/aromatic N) is 3. The quantitative estimate of drug-likeness (QED) is 0.921. The third-order valence-corrected chi connectivity index (χ3v) is 4.32. The maximum absolute atomic E-state index is 12.5. The van der Waals surface area contributed by atoms with Crippen LogP contribution in [0, 0.1) is 5.92 Å². The van der Waals surface area contributed by atoms with Crippen LogP contribution in [0.3, 0.4) is 0 Å². The van der Waals surface area contributed by atoms with Crippen molar-refractivity contribution in [1.29, 1.82) is 0 Å². The summed E-state index contributed by atoms with van der Waals surface area (Å²) in [6.45, 7) is 1.49. The largest absolute Gasteiger partial charge is 0.480 e. The van der Waals surface area contributed by atoms with Crippen molar-refractivity contribution in [3.63, 3.8) is 0 Å². The van der Waals surface area contributed by atoms with Crippen LogP contribution in [0.2, 0.25) is 5.02 Å². The number of hydrogen-bond acceptors (Lipinski definition) is 5. The Morgan fingerprint density at radius 1 is 1.25 bits per heavy atom. The molecule has 1 aliphatic rings. The molecule has 0 saturated carbocycles. The molecule has 1 aromatic heterocycles. The summed E-state index contributed by atoms with van der Waals surface area (Å²) in [5, 5.41) is 11.8. The normalized spacial score (nSPS) is 17.4. The fourth-order valence-corrected chi connectivity index (χ4v) is 2.89. The predicted octanol–water partition coefficient (Wildman–Crippen LogP) is 2.99. The first-order chi connectivity index (χ1) is 11.7. The van der Waals surface area contributed by atoms with Crippen molar-refractivity contribution < 1.29 is 9.53 Å². The lowest BCUT2D eigenvalue weighted by atomic mass is 9.97. The van der Waals surface area contributed by atoms with E-state index in [0.717, 1.165) is 30.9 Å². The van der Waals surface area contributed by atoms with E-state index in [9.17, 15) is 4.79 Å². The zero-order valence-corrected chi connectivity index (χ0v) is 14.2. The molecule has 3 rings (SSSR count). The number of carbonyl (C=O) groups excluding carboxylic acids is 1. The Balaban J connectivity index is 1.63. The van der Waals surface area contributed by atoms with Gasteiger partial charge in [0.25, 0.3) is 0 Å². The summed E-state index contributed by atoms with van der Waals surface area (Å²) in [5.41, 5.74) is 0.755. The highest BCUT2D eigenvalue weighted by atomic mass is 35.5. The zero-order chi connectivity index (χ0) is 16.9. The molecular weight excluding hydrogens is 328 g/mol. The molecular formula is C17H19ClN4O2. The second kappa shape index (κ2) is 7.49. The van der Waals surface area contributed by atoms with E-state index in [4.69, 9.17) is 16.3 Å². The van der Waals surface area contributed by atoms with Crippen molar-refractivity contribution in [3.05, 3.63) is 41.4 Å². The number of aromatic nitrogens is 2. The van der Waals surface area contributed by atoms with Crippen molar-refractivity contribution in [1.82, 2.24) is 10.2 Å². The van der Waals surface area contributed by atoms with E-state index in [0.29, 0.717) is 17.4 Å². The summed E-state index contributed by atoms with van der Waals surface area (Å²) in [7, 11) is 1.56. The number of rotatable bonds is 4. The highest BCUT2D eigenvalue weighted by Crippen LogP contribution is 2.23. The van der Waals surface area contributed by atoms with Crippen molar-refractivity contribution in [2.24, 2.45) is 5.92 Å². The highest BCUT2D eigenvalue weighted by molar-refractivity contribution is 6.30. The third-order valence-electron chi connectivity index (χ3n) is 4.06. The summed E-state index contributed by atoms with van der Waals surface area (Å²) in [6.07, 6.45) is 1.80. The Morgan fingerprint density at radius 3 is 2.71 bits per heavy atom. The number of halogens is 1. The number of benzene rings is 1. The number of carbonyl (C=O) groups is 1. The van der Waals surface area contributed by atoms with Gasteiger partial charge in [-0.3, -0.25) is 4.79 Å². The molecule has 7 heteroatoms. The zero-order valence-electron chi connectivity index (χ0n) is 13.4. The van der Waals surface area contributed by atoms with Crippen LogP contribution in [0.4, 0.5) is 11.5 Å². The number of hydrogen-bond donors (Lipinski definition) is 1. The summed E-state index contributed by atoms with van der Waals surface area (Å²) in [6, 6.07) is 10.8. The molecule has 1 N–H and O–H groups in total. The van der Waals surface area contributed by atoms with E-state index in [1.54, 1.807) is 37.4 Å². The Hall–Kier alpha value is -2.34. The molecule has 1 amide bonds. The van der Waals surface area contributed by atoms with Crippen LogP contribution in [-0.2, 0) is 4.79 Å². The fourth-order valence-electron chi connectivity index (χ4n) is 2.77. The van der Waals surface area contributed by atoms with Gasteiger partial charge in [-0.05, 0) is 43.2 Å². The van der Waals surface area contributed by atoms with Gasteiger partial charge in [-0.15, -0.1) is 10.2 Å². The first-order valence-corrected chi connectivity index (χ1v) is 8.22. The van der Waals surface area contributed by atoms with Gasteiger partial charge < -0.3 is 15.0 Å². The van der Waals surface area contributed by atoms with E-state index in [1.807, 2.05) is 6.07 Å². The van der Waals surface area contributed by atoms with Crippen molar-refractivity contribution in [2.75, 3.05) is 30.4 Å². The van der Waals surface area contributed by atoms with Crippen LogP contribution in [0.15, 0.2) is 36.4 Å². The monoisotopic (exact) mass is 346 g/mol. The number of piperidine rings is 1. The highest BCUT2D eigenvalue weighted by Gasteiger charge is 2.26. The number of ether oxygens (including phenoxy) is 1. The molecule has 126 valence electrons. The standard InChI is InChI=1S/C17H19ClN4O2/c1-24-16-9-8-15(20-21-16)22-10-2-3-12(11-22)17(23)19-14-6-4-13(18)5-7-14/h4-9,12H,2-3,10-11H2,1H3,(H,19,23)/t12-/m0/s1. The van der Waals surface area contributed by atoms with E-state index < -0.39 is 0 Å². The molecule has 1 fully saturated rings. The van der Waals surface area contributed by atoms with Crippen LogP contribution in [0.5, 0.6) is 5.88 Å². The molecule has 1 aliphatic heterocycles. The van der Waals surface area contributed by atoms with Gasteiger partial charge in [0.05, 0.1) is 13.0 Å². The molecule has 2 heterocycles. The molecule has 0 aliphatic carbocycles. The Morgan fingerprint density at radius 2 is 2.04 bits per heavy atom. The van der Waals surface area contributed by atoms with Gasteiger partial charge in [-0.1, -0.05) is 11.6 Å². The molecule has 0 unspecified atom stereocenters. The van der Waals surface area contributed by atoms with Gasteiger partial charge in [-0.25, -0.2) is 0 Å². The molecule has 2 aromatic rings.